The highest BCUT2D eigenvalue weighted by Gasteiger charge is 2.20. The lowest BCUT2D eigenvalue weighted by atomic mass is 10.1. The summed E-state index contributed by atoms with van der Waals surface area (Å²) < 4.78 is 4.94. The number of aromatic carboxylic acids is 1. The van der Waals surface area contributed by atoms with Crippen molar-refractivity contribution in [1.82, 2.24) is 9.97 Å². The van der Waals surface area contributed by atoms with Crippen LogP contribution in [0.1, 0.15) is 64.2 Å². The van der Waals surface area contributed by atoms with E-state index >= 15 is 0 Å². The number of carboxylic acids is 1. The highest BCUT2D eigenvalue weighted by atomic mass is 16.4. The summed E-state index contributed by atoms with van der Waals surface area (Å²) in [6.07, 6.45) is 5.73. The van der Waals surface area contributed by atoms with Crippen LogP contribution in [0.4, 0.5) is 16.3 Å². The molecule has 0 aliphatic carbocycles. The number of carbonyl (C=O) groups is 3. The predicted molar refractivity (Wildman–Crippen MR) is 118 cm³/mol. The second kappa shape index (κ2) is 10.3. The number of amides is 3. The highest BCUT2D eigenvalue weighted by molar-refractivity contribution is 6.04. The molecule has 3 aromatic rings. The van der Waals surface area contributed by atoms with Gasteiger partial charge in [0, 0.05) is 17.7 Å². The summed E-state index contributed by atoms with van der Waals surface area (Å²) in [4.78, 5) is 42.3. The Balaban J connectivity index is 1.67. The van der Waals surface area contributed by atoms with Crippen LogP contribution in [0.2, 0.25) is 0 Å². The van der Waals surface area contributed by atoms with Gasteiger partial charge in [-0.3, -0.25) is 10.1 Å². The first kappa shape index (κ1) is 22.6. The first-order chi connectivity index (χ1) is 15.4. The van der Waals surface area contributed by atoms with Gasteiger partial charge in [0.05, 0.1) is 6.26 Å². The van der Waals surface area contributed by atoms with Gasteiger partial charge < -0.3 is 25.6 Å². The summed E-state index contributed by atoms with van der Waals surface area (Å²) in [5.41, 5.74) is 7.42. The van der Waals surface area contributed by atoms with Crippen LogP contribution in [0.25, 0.3) is 0 Å². The fraction of sp³-hybridized carbons (Fsp3) is 0.273. The molecule has 0 fully saturated rings. The zero-order valence-electron chi connectivity index (χ0n) is 17.6. The molecule has 10 nitrogen and oxygen atoms in total. The predicted octanol–water partition coefficient (Wildman–Crippen LogP) is 3.77. The number of aryl methyl sites for hydroxylation is 1. The molecular weight excluding hydrogens is 414 g/mol. The van der Waals surface area contributed by atoms with E-state index in [0.29, 0.717) is 11.3 Å². The molecule has 32 heavy (non-hydrogen) atoms. The smallest absolute Gasteiger partial charge is 0.372 e. The minimum absolute atomic E-state index is 0.0429. The van der Waals surface area contributed by atoms with Gasteiger partial charge in [-0.05, 0) is 36.6 Å². The molecule has 0 radical (unpaired) electrons. The van der Waals surface area contributed by atoms with Crippen molar-refractivity contribution in [2.75, 3.05) is 10.6 Å². The molecule has 1 aromatic carbocycles. The topological polar surface area (TPSA) is 163 Å². The van der Waals surface area contributed by atoms with Crippen LogP contribution in [-0.4, -0.2) is 33.0 Å². The van der Waals surface area contributed by atoms with Crippen molar-refractivity contribution < 1.29 is 23.9 Å². The monoisotopic (exact) mass is 439 g/mol. The molecule has 0 bridgehead atoms. The van der Waals surface area contributed by atoms with E-state index in [-0.39, 0.29) is 29.5 Å². The Hall–Kier alpha value is -4.08. The molecule has 10 heteroatoms. The maximum absolute atomic E-state index is 12.4. The Morgan fingerprint density at radius 1 is 1.12 bits per heavy atom. The quantitative estimate of drug-likeness (QED) is 0.302. The van der Waals surface area contributed by atoms with Crippen molar-refractivity contribution in [2.45, 2.75) is 39.0 Å². The summed E-state index contributed by atoms with van der Waals surface area (Å²) >= 11 is 0. The van der Waals surface area contributed by atoms with Gasteiger partial charge >= 0.3 is 12.0 Å². The SMILES string of the molecule is CCCCCc1ccc(NC(=O)Nc2nc(Cc3ccoc3C(=O)O)[nH]c2C(N)=O)cc1. The van der Waals surface area contributed by atoms with Crippen LogP contribution in [0.15, 0.2) is 41.0 Å². The molecule has 0 atom stereocenters. The van der Waals surface area contributed by atoms with Crippen LogP contribution in [0, 0.1) is 0 Å². The van der Waals surface area contributed by atoms with E-state index in [1.54, 1.807) is 12.1 Å². The first-order valence-electron chi connectivity index (χ1n) is 10.2. The summed E-state index contributed by atoms with van der Waals surface area (Å²) in [6, 6.07) is 8.41. The van der Waals surface area contributed by atoms with Gasteiger partial charge in [-0.25, -0.2) is 14.6 Å². The fourth-order valence-electron chi connectivity index (χ4n) is 3.22. The van der Waals surface area contributed by atoms with Crippen LogP contribution >= 0.6 is 0 Å². The lowest BCUT2D eigenvalue weighted by molar-refractivity contribution is 0.0660. The van der Waals surface area contributed by atoms with E-state index in [0.717, 1.165) is 19.3 Å². The minimum Gasteiger partial charge on any atom is -0.475 e. The van der Waals surface area contributed by atoms with E-state index in [9.17, 15) is 14.4 Å². The van der Waals surface area contributed by atoms with Crippen LogP contribution < -0.4 is 16.4 Å². The van der Waals surface area contributed by atoms with Gasteiger partial charge in [-0.15, -0.1) is 0 Å². The Bertz CT molecular complexity index is 1100. The number of carboxylic acid groups (broad SMARTS) is 1. The largest absolute Gasteiger partial charge is 0.475 e. The molecule has 2 aromatic heterocycles. The van der Waals surface area contributed by atoms with E-state index in [2.05, 4.69) is 27.5 Å². The van der Waals surface area contributed by atoms with Crippen molar-refractivity contribution in [3.63, 3.8) is 0 Å². The first-order valence-corrected chi connectivity index (χ1v) is 10.2. The zero-order chi connectivity index (χ0) is 23.1. The number of urea groups is 1. The summed E-state index contributed by atoms with van der Waals surface area (Å²) in [5.74, 6) is -2.08. The van der Waals surface area contributed by atoms with Crippen molar-refractivity contribution in [2.24, 2.45) is 5.73 Å². The number of hydrogen-bond donors (Lipinski definition) is 5. The van der Waals surface area contributed by atoms with Gasteiger partial charge in [0.15, 0.2) is 5.82 Å². The molecule has 0 unspecified atom stereocenters. The van der Waals surface area contributed by atoms with Gasteiger partial charge in [0.2, 0.25) is 5.76 Å². The standard InChI is InChI=1S/C22H25N5O5/c1-2-3-4-5-13-6-8-15(9-7-13)24-22(31)27-20-17(19(23)28)25-16(26-20)12-14-10-11-32-18(14)21(29)30/h6-11H,2-5,12H2,1H3,(H2,23,28)(H,25,26)(H,29,30)(H2,24,27,31). The second-order valence-corrected chi connectivity index (χ2v) is 7.26. The van der Waals surface area contributed by atoms with Crippen molar-refractivity contribution in [3.05, 3.63) is 65.0 Å². The van der Waals surface area contributed by atoms with Gasteiger partial charge in [-0.2, -0.15) is 0 Å². The van der Waals surface area contributed by atoms with Crippen molar-refractivity contribution in [1.29, 1.82) is 0 Å². The molecule has 3 rings (SSSR count). The maximum Gasteiger partial charge on any atom is 0.372 e. The third kappa shape index (κ3) is 5.75. The number of imidazole rings is 1. The molecule has 0 spiro atoms. The molecule has 6 N–H and O–H groups in total. The number of aromatic nitrogens is 2. The van der Waals surface area contributed by atoms with Gasteiger partial charge in [0.25, 0.3) is 5.91 Å². The highest BCUT2D eigenvalue weighted by Crippen LogP contribution is 2.19. The number of aromatic amines is 1. The molecule has 2 heterocycles. The molecule has 0 saturated heterocycles. The third-order valence-corrected chi connectivity index (χ3v) is 4.81. The van der Waals surface area contributed by atoms with E-state index < -0.39 is 17.9 Å². The number of unbranched alkanes of at least 4 members (excludes halogenated alkanes) is 2. The molecule has 0 aliphatic heterocycles. The minimum atomic E-state index is -1.22. The number of rotatable bonds is 10. The van der Waals surface area contributed by atoms with Crippen LogP contribution in [0.5, 0.6) is 0 Å². The van der Waals surface area contributed by atoms with E-state index in [1.807, 2.05) is 12.1 Å². The summed E-state index contributed by atoms with van der Waals surface area (Å²) in [5, 5.41) is 14.3. The number of benzene rings is 1. The number of primary amides is 1. The van der Waals surface area contributed by atoms with Crippen molar-refractivity contribution >= 4 is 29.4 Å². The molecule has 0 aliphatic rings. The van der Waals surface area contributed by atoms with E-state index in [4.69, 9.17) is 15.3 Å². The van der Waals surface area contributed by atoms with Gasteiger partial charge in [0.1, 0.15) is 11.5 Å². The number of nitrogens with zero attached hydrogens (tertiary/aromatic N) is 1. The number of furan rings is 1. The summed E-state index contributed by atoms with van der Waals surface area (Å²) in [6.45, 7) is 2.16. The van der Waals surface area contributed by atoms with Crippen LogP contribution in [0.3, 0.4) is 0 Å². The molecule has 168 valence electrons. The Kier molecular flexibility index (Phi) is 7.27. The Labute approximate surface area is 184 Å². The van der Waals surface area contributed by atoms with E-state index in [1.165, 1.54) is 24.3 Å². The molecule has 0 saturated carbocycles. The Morgan fingerprint density at radius 3 is 2.53 bits per heavy atom. The van der Waals surface area contributed by atoms with Crippen LogP contribution in [-0.2, 0) is 12.8 Å². The summed E-state index contributed by atoms with van der Waals surface area (Å²) in [7, 11) is 0. The lowest BCUT2D eigenvalue weighted by Gasteiger charge is -2.07. The fourth-order valence-corrected chi connectivity index (χ4v) is 3.22. The number of nitrogens with two attached hydrogens (primary N) is 1. The average molecular weight is 439 g/mol. The third-order valence-electron chi connectivity index (χ3n) is 4.81. The van der Waals surface area contributed by atoms with Crippen molar-refractivity contribution in [3.8, 4) is 0 Å². The number of hydrogen-bond acceptors (Lipinski definition) is 5. The average Bonchev–Trinajstić information content (AvgIpc) is 3.37. The lowest BCUT2D eigenvalue weighted by Crippen LogP contribution is -2.22. The molecular formula is C22H25N5O5. The molecule has 3 amide bonds. The Morgan fingerprint density at radius 2 is 1.88 bits per heavy atom. The van der Waals surface area contributed by atoms with Gasteiger partial charge in [-0.1, -0.05) is 31.9 Å². The number of carbonyl (C=O) groups excluding carboxylic acids is 2. The normalized spacial score (nSPS) is 10.7. The number of anilines is 2. The number of nitrogens with one attached hydrogen (secondary N) is 3. The maximum atomic E-state index is 12.4. The number of H-pyrrole nitrogens is 1. The zero-order valence-corrected chi connectivity index (χ0v) is 17.6. The second-order valence-electron chi connectivity index (χ2n) is 7.26.